The van der Waals surface area contributed by atoms with Gasteiger partial charge in [-0.3, -0.25) is 9.59 Å². The highest BCUT2D eigenvalue weighted by molar-refractivity contribution is 6.07. The first-order valence-corrected chi connectivity index (χ1v) is 10.6. The third-order valence-electron chi connectivity index (χ3n) is 5.36. The lowest BCUT2D eigenvalue weighted by molar-refractivity contribution is 0.0518. The van der Waals surface area contributed by atoms with Crippen molar-refractivity contribution >= 4 is 17.7 Å². The number of carbonyl (C=O) groups excluding carboxylic acids is 3. The second-order valence-electron chi connectivity index (χ2n) is 7.46. The second-order valence-corrected chi connectivity index (χ2v) is 7.46. The molecule has 0 spiro atoms. The number of esters is 1. The van der Waals surface area contributed by atoms with Crippen LogP contribution in [0.2, 0.25) is 0 Å². The summed E-state index contributed by atoms with van der Waals surface area (Å²) < 4.78 is 15.4. The SMILES string of the molecule is CCOC(=O)c1[nH]c(C)c(C(=O)C(C)N(CCCOC)C(=O)c2ccc(OC)cc2)c1C. The van der Waals surface area contributed by atoms with Gasteiger partial charge in [-0.1, -0.05) is 0 Å². The lowest BCUT2D eigenvalue weighted by Crippen LogP contribution is -2.44. The highest BCUT2D eigenvalue weighted by Gasteiger charge is 2.31. The van der Waals surface area contributed by atoms with Crippen molar-refractivity contribution in [1.82, 2.24) is 9.88 Å². The van der Waals surface area contributed by atoms with Crippen LogP contribution in [0.3, 0.4) is 0 Å². The first-order valence-electron chi connectivity index (χ1n) is 10.6. The van der Waals surface area contributed by atoms with Gasteiger partial charge in [0.1, 0.15) is 11.4 Å². The molecule has 2 aromatic rings. The zero-order chi connectivity index (χ0) is 23.8. The maximum atomic E-state index is 13.5. The number of amides is 1. The van der Waals surface area contributed by atoms with Gasteiger partial charge in [0.05, 0.1) is 19.8 Å². The summed E-state index contributed by atoms with van der Waals surface area (Å²) >= 11 is 0. The smallest absolute Gasteiger partial charge is 0.355 e. The Labute approximate surface area is 188 Å². The van der Waals surface area contributed by atoms with Crippen LogP contribution in [0.15, 0.2) is 24.3 Å². The van der Waals surface area contributed by atoms with E-state index in [4.69, 9.17) is 14.2 Å². The van der Waals surface area contributed by atoms with Crippen molar-refractivity contribution in [3.8, 4) is 5.75 Å². The summed E-state index contributed by atoms with van der Waals surface area (Å²) in [6.07, 6.45) is 0.579. The first kappa shape index (κ1) is 25.1. The number of ether oxygens (including phenoxy) is 3. The van der Waals surface area contributed by atoms with E-state index in [-0.39, 0.29) is 24.0 Å². The van der Waals surface area contributed by atoms with E-state index in [0.29, 0.717) is 47.7 Å². The molecule has 1 aromatic carbocycles. The Morgan fingerprint density at radius 1 is 1.09 bits per heavy atom. The average Bonchev–Trinajstić information content (AvgIpc) is 3.09. The molecule has 2 rings (SSSR count). The molecule has 8 nitrogen and oxygen atoms in total. The van der Waals surface area contributed by atoms with Gasteiger partial charge in [0.2, 0.25) is 0 Å². The van der Waals surface area contributed by atoms with Crippen LogP contribution in [0.5, 0.6) is 5.75 Å². The van der Waals surface area contributed by atoms with Crippen molar-refractivity contribution in [1.29, 1.82) is 0 Å². The molecule has 1 amide bonds. The minimum Gasteiger partial charge on any atom is -0.497 e. The van der Waals surface area contributed by atoms with Crippen LogP contribution in [-0.2, 0) is 9.47 Å². The molecule has 1 N–H and O–H groups in total. The summed E-state index contributed by atoms with van der Waals surface area (Å²) in [5.74, 6) is -0.375. The third kappa shape index (κ3) is 5.56. The van der Waals surface area contributed by atoms with Crippen molar-refractivity contribution in [2.45, 2.75) is 40.2 Å². The average molecular weight is 445 g/mol. The van der Waals surface area contributed by atoms with Crippen molar-refractivity contribution in [2.75, 3.05) is 34.0 Å². The standard InChI is InChI=1S/C24H32N2O6/c1-7-32-24(29)21-15(2)20(16(3)25-21)22(27)17(4)26(13-8-14-30-5)23(28)18-9-11-19(31-6)12-10-18/h9-12,17,25H,7-8,13-14H2,1-6H3. The van der Waals surface area contributed by atoms with Crippen LogP contribution in [-0.4, -0.2) is 67.6 Å². The van der Waals surface area contributed by atoms with Crippen LogP contribution in [0.25, 0.3) is 0 Å². The van der Waals surface area contributed by atoms with E-state index in [1.165, 1.54) is 0 Å². The van der Waals surface area contributed by atoms with Gasteiger partial charge in [-0.15, -0.1) is 0 Å². The molecule has 0 radical (unpaired) electrons. The molecule has 8 heteroatoms. The van der Waals surface area contributed by atoms with E-state index in [2.05, 4.69) is 4.98 Å². The summed E-state index contributed by atoms with van der Waals surface area (Å²) in [6.45, 7) is 7.90. The predicted octanol–water partition coefficient (Wildman–Crippen LogP) is 3.57. The lowest BCUT2D eigenvalue weighted by Gasteiger charge is -2.29. The van der Waals surface area contributed by atoms with E-state index in [1.807, 2.05) is 0 Å². The van der Waals surface area contributed by atoms with Gasteiger partial charge in [-0.2, -0.15) is 0 Å². The van der Waals surface area contributed by atoms with E-state index in [9.17, 15) is 14.4 Å². The number of methoxy groups -OCH3 is 2. The largest absolute Gasteiger partial charge is 0.497 e. The Hall–Kier alpha value is -3.13. The number of aromatic amines is 1. The number of hydrogen-bond acceptors (Lipinski definition) is 6. The van der Waals surface area contributed by atoms with Gasteiger partial charge in [-0.25, -0.2) is 4.79 Å². The van der Waals surface area contributed by atoms with Gasteiger partial charge in [0.15, 0.2) is 5.78 Å². The minimum absolute atomic E-state index is 0.236. The van der Waals surface area contributed by atoms with E-state index >= 15 is 0 Å². The molecule has 0 saturated heterocycles. The number of benzene rings is 1. The number of hydrogen-bond donors (Lipinski definition) is 1. The maximum Gasteiger partial charge on any atom is 0.355 e. The van der Waals surface area contributed by atoms with Crippen molar-refractivity contribution < 1.29 is 28.6 Å². The Balaban J connectivity index is 2.36. The fraction of sp³-hybridized carbons (Fsp3) is 0.458. The molecule has 0 saturated carbocycles. The quantitative estimate of drug-likeness (QED) is 0.323. The highest BCUT2D eigenvalue weighted by Crippen LogP contribution is 2.23. The fourth-order valence-electron chi connectivity index (χ4n) is 3.63. The molecule has 1 atom stereocenters. The number of H-pyrrole nitrogens is 1. The molecule has 0 fully saturated rings. The van der Waals surface area contributed by atoms with E-state index in [1.54, 1.807) is 71.1 Å². The van der Waals surface area contributed by atoms with Crippen LogP contribution in [0, 0.1) is 13.8 Å². The number of carbonyl (C=O) groups is 3. The minimum atomic E-state index is -0.746. The Bertz CT molecular complexity index is 948. The van der Waals surface area contributed by atoms with Crippen molar-refractivity contribution in [2.24, 2.45) is 0 Å². The van der Waals surface area contributed by atoms with Crippen LogP contribution < -0.4 is 4.74 Å². The Morgan fingerprint density at radius 3 is 2.31 bits per heavy atom. The van der Waals surface area contributed by atoms with Crippen molar-refractivity contribution in [3.05, 3.63) is 52.3 Å². The zero-order valence-corrected chi connectivity index (χ0v) is 19.6. The second kappa shape index (κ2) is 11.5. The topological polar surface area (TPSA) is 97.9 Å². The monoisotopic (exact) mass is 444 g/mol. The number of Topliss-reactive ketones (excluding diaryl/α,β-unsaturated/α-hetero) is 1. The summed E-state index contributed by atoms with van der Waals surface area (Å²) in [4.78, 5) is 43.5. The maximum absolute atomic E-state index is 13.5. The summed E-state index contributed by atoms with van der Waals surface area (Å²) in [6, 6.07) is 6.02. The van der Waals surface area contributed by atoms with Crippen LogP contribution in [0.4, 0.5) is 0 Å². The Kier molecular flexibility index (Phi) is 9.02. The Morgan fingerprint density at radius 2 is 1.75 bits per heavy atom. The zero-order valence-electron chi connectivity index (χ0n) is 19.6. The summed E-state index contributed by atoms with van der Waals surface area (Å²) in [5, 5.41) is 0. The summed E-state index contributed by atoms with van der Waals surface area (Å²) in [7, 11) is 3.15. The molecule has 32 heavy (non-hydrogen) atoms. The molecule has 1 heterocycles. The molecular weight excluding hydrogens is 412 g/mol. The molecule has 1 aromatic heterocycles. The third-order valence-corrected chi connectivity index (χ3v) is 5.36. The molecule has 174 valence electrons. The molecular formula is C24H32N2O6. The van der Waals surface area contributed by atoms with Gasteiger partial charge in [0, 0.05) is 37.1 Å². The molecule has 0 aliphatic rings. The van der Waals surface area contributed by atoms with Crippen LogP contribution >= 0.6 is 0 Å². The molecule has 1 unspecified atom stereocenters. The predicted molar refractivity (Wildman–Crippen MR) is 121 cm³/mol. The highest BCUT2D eigenvalue weighted by atomic mass is 16.5. The van der Waals surface area contributed by atoms with Gasteiger partial charge < -0.3 is 24.1 Å². The van der Waals surface area contributed by atoms with Gasteiger partial charge in [-0.05, 0) is 63.9 Å². The van der Waals surface area contributed by atoms with E-state index in [0.717, 1.165) is 0 Å². The normalized spacial score (nSPS) is 11.7. The number of ketones is 1. The molecule has 0 aliphatic carbocycles. The molecule has 0 bridgehead atoms. The summed E-state index contributed by atoms with van der Waals surface area (Å²) in [5.41, 5.74) is 2.20. The van der Waals surface area contributed by atoms with Gasteiger partial charge >= 0.3 is 5.97 Å². The number of rotatable bonds is 11. The fourth-order valence-corrected chi connectivity index (χ4v) is 3.63. The van der Waals surface area contributed by atoms with Gasteiger partial charge in [0.25, 0.3) is 5.91 Å². The van der Waals surface area contributed by atoms with E-state index < -0.39 is 12.0 Å². The first-order chi connectivity index (χ1) is 15.3. The number of aromatic nitrogens is 1. The van der Waals surface area contributed by atoms with Crippen LogP contribution in [0.1, 0.15) is 62.7 Å². The number of aryl methyl sites for hydroxylation is 1. The molecule has 0 aliphatic heterocycles. The lowest BCUT2D eigenvalue weighted by atomic mass is 9.99. The van der Waals surface area contributed by atoms with Crippen molar-refractivity contribution in [3.63, 3.8) is 0 Å². The number of nitrogens with one attached hydrogen (secondary N) is 1. The number of nitrogens with zero attached hydrogens (tertiary/aromatic N) is 1.